The molecule has 2 aliphatic heterocycles. The van der Waals surface area contributed by atoms with Crippen LogP contribution in [0.2, 0.25) is 0 Å². The predicted octanol–water partition coefficient (Wildman–Crippen LogP) is 1.60. The van der Waals surface area contributed by atoms with Gasteiger partial charge in [0.2, 0.25) is 0 Å². The lowest BCUT2D eigenvalue weighted by atomic mass is 9.97. The molecule has 2 aromatic rings. The normalized spacial score (nSPS) is 23.1. The van der Waals surface area contributed by atoms with E-state index < -0.39 is 0 Å². The maximum absolute atomic E-state index is 13.1. The van der Waals surface area contributed by atoms with E-state index in [1.165, 1.54) is 11.9 Å². The molecule has 0 radical (unpaired) electrons. The maximum Gasteiger partial charge on any atom is 0.272 e. The molecule has 7 nitrogen and oxygen atoms in total. The smallest absolute Gasteiger partial charge is 0.272 e. The Morgan fingerprint density at radius 1 is 1.30 bits per heavy atom. The Labute approximate surface area is 159 Å². The zero-order valence-corrected chi connectivity index (χ0v) is 15.8. The first-order chi connectivity index (χ1) is 13.1. The standard InChI is InChI=1S/C20H25N5O2/c1-14-15(2)22-13-23-19(14)20(26)25-7-5-18-17(12-25)24(8-9-27-18)11-16-4-3-6-21-10-16/h3-4,6,10,13,17-18H,5,7-9,11-12H2,1-2H3/t17-,18-/m0/s1. The van der Waals surface area contributed by atoms with Crippen molar-refractivity contribution < 1.29 is 9.53 Å². The first-order valence-corrected chi connectivity index (χ1v) is 9.45. The number of likely N-dealkylation sites (tertiary alicyclic amines) is 1. The number of hydrogen-bond acceptors (Lipinski definition) is 6. The van der Waals surface area contributed by atoms with Crippen molar-refractivity contribution in [3.05, 3.63) is 53.4 Å². The molecular formula is C20H25N5O2. The minimum absolute atomic E-state index is 0.0108. The lowest BCUT2D eigenvalue weighted by Crippen LogP contribution is -2.60. The summed E-state index contributed by atoms with van der Waals surface area (Å²) in [6.45, 7) is 7.60. The molecular weight excluding hydrogens is 342 g/mol. The maximum atomic E-state index is 13.1. The van der Waals surface area contributed by atoms with Gasteiger partial charge in [0, 0.05) is 49.8 Å². The van der Waals surface area contributed by atoms with E-state index in [0.29, 0.717) is 18.8 Å². The van der Waals surface area contributed by atoms with Crippen molar-refractivity contribution in [2.75, 3.05) is 26.2 Å². The summed E-state index contributed by atoms with van der Waals surface area (Å²) in [5.74, 6) is -0.0108. The third kappa shape index (κ3) is 3.70. The van der Waals surface area contributed by atoms with Gasteiger partial charge in [-0.05, 0) is 31.9 Å². The van der Waals surface area contributed by atoms with E-state index >= 15 is 0 Å². The minimum Gasteiger partial charge on any atom is -0.375 e. The molecule has 0 unspecified atom stereocenters. The molecule has 0 bridgehead atoms. The summed E-state index contributed by atoms with van der Waals surface area (Å²) >= 11 is 0. The van der Waals surface area contributed by atoms with Gasteiger partial charge in [0.05, 0.1) is 18.8 Å². The molecule has 7 heteroatoms. The summed E-state index contributed by atoms with van der Waals surface area (Å²) in [5.41, 5.74) is 3.40. The van der Waals surface area contributed by atoms with Gasteiger partial charge < -0.3 is 9.64 Å². The average Bonchev–Trinajstić information content (AvgIpc) is 2.70. The Morgan fingerprint density at radius 3 is 3.00 bits per heavy atom. The van der Waals surface area contributed by atoms with Crippen LogP contribution < -0.4 is 0 Å². The van der Waals surface area contributed by atoms with Gasteiger partial charge in [-0.15, -0.1) is 0 Å². The van der Waals surface area contributed by atoms with Gasteiger partial charge in [0.1, 0.15) is 12.0 Å². The number of rotatable bonds is 3. The molecule has 1 amide bonds. The summed E-state index contributed by atoms with van der Waals surface area (Å²) in [5, 5.41) is 0. The molecule has 2 saturated heterocycles. The Kier molecular flexibility index (Phi) is 5.13. The lowest BCUT2D eigenvalue weighted by molar-refractivity contribution is -0.101. The number of aromatic nitrogens is 3. The summed E-state index contributed by atoms with van der Waals surface area (Å²) < 4.78 is 6.01. The molecule has 2 aliphatic rings. The predicted molar refractivity (Wildman–Crippen MR) is 100 cm³/mol. The second-order valence-corrected chi connectivity index (χ2v) is 7.28. The number of aryl methyl sites for hydroxylation is 1. The highest BCUT2D eigenvalue weighted by Crippen LogP contribution is 2.26. The minimum atomic E-state index is -0.0108. The Hall–Kier alpha value is -2.38. The van der Waals surface area contributed by atoms with Gasteiger partial charge in [-0.25, -0.2) is 9.97 Å². The van der Waals surface area contributed by atoms with Crippen molar-refractivity contribution >= 4 is 5.91 Å². The van der Waals surface area contributed by atoms with E-state index in [9.17, 15) is 4.79 Å². The van der Waals surface area contributed by atoms with Gasteiger partial charge in [-0.1, -0.05) is 6.07 Å². The number of hydrogen-bond donors (Lipinski definition) is 0. The van der Waals surface area contributed by atoms with Crippen LogP contribution >= 0.6 is 0 Å². The van der Waals surface area contributed by atoms with Crippen LogP contribution in [0.5, 0.6) is 0 Å². The van der Waals surface area contributed by atoms with Crippen molar-refractivity contribution in [3.8, 4) is 0 Å². The molecule has 0 aromatic carbocycles. The molecule has 0 saturated carbocycles. The van der Waals surface area contributed by atoms with Crippen molar-refractivity contribution in [2.24, 2.45) is 0 Å². The number of pyridine rings is 1. The average molecular weight is 367 g/mol. The number of nitrogens with zero attached hydrogens (tertiary/aromatic N) is 5. The van der Waals surface area contributed by atoms with Crippen LogP contribution in [-0.4, -0.2) is 69.0 Å². The largest absolute Gasteiger partial charge is 0.375 e. The molecule has 4 rings (SSSR count). The van der Waals surface area contributed by atoms with Gasteiger partial charge in [-0.2, -0.15) is 0 Å². The summed E-state index contributed by atoms with van der Waals surface area (Å²) in [6, 6.07) is 4.25. The van der Waals surface area contributed by atoms with E-state index in [4.69, 9.17) is 4.74 Å². The number of amides is 1. The van der Waals surface area contributed by atoms with Crippen LogP contribution in [0.25, 0.3) is 0 Å². The fourth-order valence-corrected chi connectivity index (χ4v) is 3.95. The van der Waals surface area contributed by atoms with Crippen molar-refractivity contribution in [2.45, 2.75) is 39.0 Å². The third-order valence-electron chi connectivity index (χ3n) is 5.63. The van der Waals surface area contributed by atoms with Crippen molar-refractivity contribution in [1.29, 1.82) is 0 Å². The molecule has 2 aromatic heterocycles. The van der Waals surface area contributed by atoms with Crippen LogP contribution in [0.4, 0.5) is 0 Å². The first kappa shape index (κ1) is 18.0. The summed E-state index contributed by atoms with van der Waals surface area (Å²) in [6.07, 6.45) is 6.19. The Balaban J connectivity index is 1.51. The lowest BCUT2D eigenvalue weighted by Gasteiger charge is -2.47. The number of ether oxygens (including phenoxy) is 1. The molecule has 2 atom stereocenters. The molecule has 4 heterocycles. The van der Waals surface area contributed by atoms with Crippen LogP contribution in [-0.2, 0) is 11.3 Å². The molecule has 27 heavy (non-hydrogen) atoms. The number of piperidine rings is 1. The fourth-order valence-electron chi connectivity index (χ4n) is 3.95. The van der Waals surface area contributed by atoms with Gasteiger partial charge in [0.25, 0.3) is 5.91 Å². The zero-order valence-electron chi connectivity index (χ0n) is 15.8. The highest BCUT2D eigenvalue weighted by Gasteiger charge is 2.39. The fraction of sp³-hybridized carbons (Fsp3) is 0.500. The number of morpholine rings is 1. The van der Waals surface area contributed by atoms with Gasteiger partial charge in [0.15, 0.2) is 0 Å². The van der Waals surface area contributed by atoms with Crippen LogP contribution in [0.15, 0.2) is 30.9 Å². The van der Waals surface area contributed by atoms with Crippen molar-refractivity contribution in [1.82, 2.24) is 24.8 Å². The van der Waals surface area contributed by atoms with Gasteiger partial charge >= 0.3 is 0 Å². The molecule has 0 aliphatic carbocycles. The van der Waals surface area contributed by atoms with E-state index in [1.54, 1.807) is 6.20 Å². The van der Waals surface area contributed by atoms with Crippen LogP contribution in [0, 0.1) is 13.8 Å². The second kappa shape index (κ2) is 7.70. The number of fused-ring (bicyclic) bond motifs is 1. The first-order valence-electron chi connectivity index (χ1n) is 9.45. The van der Waals surface area contributed by atoms with E-state index in [0.717, 1.165) is 37.4 Å². The third-order valence-corrected chi connectivity index (χ3v) is 5.63. The summed E-state index contributed by atoms with van der Waals surface area (Å²) in [7, 11) is 0. The number of carbonyl (C=O) groups is 1. The van der Waals surface area contributed by atoms with E-state index in [-0.39, 0.29) is 18.1 Å². The zero-order chi connectivity index (χ0) is 18.8. The second-order valence-electron chi connectivity index (χ2n) is 7.28. The van der Waals surface area contributed by atoms with Crippen LogP contribution in [0.1, 0.15) is 33.7 Å². The Morgan fingerprint density at radius 2 is 2.19 bits per heavy atom. The summed E-state index contributed by atoms with van der Waals surface area (Å²) in [4.78, 5) is 30.1. The monoisotopic (exact) mass is 367 g/mol. The SMILES string of the molecule is Cc1ncnc(C(=O)N2CC[C@@H]3OCCN(Cc4cccnc4)[C@H]3C2)c1C. The Bertz CT molecular complexity index is 813. The molecule has 142 valence electrons. The van der Waals surface area contributed by atoms with Crippen LogP contribution in [0.3, 0.4) is 0 Å². The quantitative estimate of drug-likeness (QED) is 0.821. The highest BCUT2D eigenvalue weighted by molar-refractivity contribution is 5.93. The van der Waals surface area contributed by atoms with Crippen molar-refractivity contribution in [3.63, 3.8) is 0 Å². The molecule has 2 fully saturated rings. The molecule has 0 N–H and O–H groups in total. The van der Waals surface area contributed by atoms with E-state index in [2.05, 4.69) is 25.9 Å². The molecule has 0 spiro atoms. The number of carbonyl (C=O) groups excluding carboxylic acids is 1. The highest BCUT2D eigenvalue weighted by atomic mass is 16.5. The van der Waals surface area contributed by atoms with Gasteiger partial charge in [-0.3, -0.25) is 14.7 Å². The topological polar surface area (TPSA) is 71.5 Å². The van der Waals surface area contributed by atoms with E-state index in [1.807, 2.05) is 31.0 Å².